The van der Waals surface area contributed by atoms with Crippen LogP contribution in [0.25, 0.3) is 22.6 Å². The lowest BCUT2D eigenvalue weighted by Crippen LogP contribution is -2.05. The summed E-state index contributed by atoms with van der Waals surface area (Å²) in [5.74, 6) is 2.17. The van der Waals surface area contributed by atoms with Gasteiger partial charge in [-0.2, -0.15) is 4.98 Å². The molecule has 2 aromatic heterocycles. The van der Waals surface area contributed by atoms with Crippen LogP contribution < -0.4 is 14.8 Å². The first-order valence-electron chi connectivity index (χ1n) is 8.64. The Balaban J connectivity index is 1.58. The number of fused-ring (bicyclic) bond motifs is 1. The zero-order valence-electron chi connectivity index (χ0n) is 15.5. The van der Waals surface area contributed by atoms with Crippen molar-refractivity contribution < 1.29 is 9.47 Å². The SMILES string of the molecule is COc1ccc(-c2nnc3nc(NCc4ccccc4)ncc3n2)cc1OC. The Morgan fingerprint density at radius 3 is 2.50 bits per heavy atom. The topological polar surface area (TPSA) is 94.9 Å². The Bertz CT molecular complexity index is 1100. The minimum absolute atomic E-state index is 0.426. The number of methoxy groups -OCH3 is 2. The number of rotatable bonds is 6. The van der Waals surface area contributed by atoms with E-state index in [9.17, 15) is 0 Å². The van der Waals surface area contributed by atoms with Crippen LogP contribution >= 0.6 is 0 Å². The maximum absolute atomic E-state index is 5.33. The standard InChI is InChI=1S/C20H18N6O2/c1-27-16-9-8-14(10-17(16)28-2)18-23-15-12-22-20(24-19(15)26-25-18)21-11-13-6-4-3-5-7-13/h3-10,12H,11H2,1-2H3,(H,21,22,24,26). The number of ether oxygens (including phenoxy) is 2. The molecule has 4 rings (SSSR count). The Labute approximate surface area is 161 Å². The van der Waals surface area contributed by atoms with Gasteiger partial charge in [-0.25, -0.2) is 9.97 Å². The largest absolute Gasteiger partial charge is 0.493 e. The van der Waals surface area contributed by atoms with Crippen molar-refractivity contribution in [2.24, 2.45) is 0 Å². The van der Waals surface area contributed by atoms with Crippen LogP contribution in [0.5, 0.6) is 11.5 Å². The first-order chi connectivity index (χ1) is 13.8. The summed E-state index contributed by atoms with van der Waals surface area (Å²) < 4.78 is 10.6. The zero-order chi connectivity index (χ0) is 19.3. The van der Waals surface area contributed by atoms with Crippen molar-refractivity contribution in [3.8, 4) is 22.9 Å². The van der Waals surface area contributed by atoms with Crippen molar-refractivity contribution in [1.29, 1.82) is 0 Å². The van der Waals surface area contributed by atoms with E-state index in [2.05, 4.69) is 30.5 Å². The molecule has 0 bridgehead atoms. The second-order valence-corrected chi connectivity index (χ2v) is 5.95. The second-order valence-electron chi connectivity index (χ2n) is 5.95. The van der Waals surface area contributed by atoms with Gasteiger partial charge in [0.25, 0.3) is 0 Å². The molecule has 28 heavy (non-hydrogen) atoms. The number of nitrogens with one attached hydrogen (secondary N) is 1. The third-order valence-electron chi connectivity index (χ3n) is 4.15. The summed E-state index contributed by atoms with van der Waals surface area (Å²) in [4.78, 5) is 13.2. The molecule has 1 N–H and O–H groups in total. The van der Waals surface area contributed by atoms with Crippen molar-refractivity contribution in [3.63, 3.8) is 0 Å². The molecule has 0 aliphatic heterocycles. The molecule has 2 aromatic carbocycles. The van der Waals surface area contributed by atoms with Gasteiger partial charge in [-0.15, -0.1) is 10.2 Å². The second kappa shape index (κ2) is 7.83. The number of hydrogen-bond acceptors (Lipinski definition) is 8. The summed E-state index contributed by atoms with van der Waals surface area (Å²) in [5.41, 5.74) is 2.89. The average molecular weight is 374 g/mol. The molecule has 0 atom stereocenters. The van der Waals surface area contributed by atoms with Crippen molar-refractivity contribution in [1.82, 2.24) is 25.1 Å². The van der Waals surface area contributed by atoms with E-state index < -0.39 is 0 Å². The quantitative estimate of drug-likeness (QED) is 0.550. The van der Waals surface area contributed by atoms with E-state index in [0.717, 1.165) is 11.1 Å². The van der Waals surface area contributed by atoms with Gasteiger partial charge in [0, 0.05) is 12.1 Å². The Morgan fingerprint density at radius 2 is 1.71 bits per heavy atom. The molecule has 8 heteroatoms. The van der Waals surface area contributed by atoms with Crippen LogP contribution in [0.4, 0.5) is 5.95 Å². The lowest BCUT2D eigenvalue weighted by molar-refractivity contribution is 0.355. The monoisotopic (exact) mass is 374 g/mol. The lowest BCUT2D eigenvalue weighted by atomic mass is 10.2. The highest BCUT2D eigenvalue weighted by Gasteiger charge is 2.11. The third kappa shape index (κ3) is 3.66. The molecule has 0 aliphatic carbocycles. The fraction of sp³-hybridized carbons (Fsp3) is 0.150. The summed E-state index contributed by atoms with van der Waals surface area (Å²) in [6.45, 7) is 0.622. The van der Waals surface area contributed by atoms with Crippen LogP contribution in [0.1, 0.15) is 5.56 Å². The Morgan fingerprint density at radius 1 is 0.893 bits per heavy atom. The van der Waals surface area contributed by atoms with E-state index >= 15 is 0 Å². The highest BCUT2D eigenvalue weighted by Crippen LogP contribution is 2.31. The number of benzene rings is 2. The highest BCUT2D eigenvalue weighted by atomic mass is 16.5. The van der Waals surface area contributed by atoms with Gasteiger partial charge in [-0.3, -0.25) is 0 Å². The van der Waals surface area contributed by atoms with Gasteiger partial charge >= 0.3 is 0 Å². The first kappa shape index (κ1) is 17.6. The number of nitrogens with zero attached hydrogens (tertiary/aromatic N) is 5. The van der Waals surface area contributed by atoms with Crippen LogP contribution in [0.3, 0.4) is 0 Å². The predicted octanol–water partition coefficient (Wildman–Crippen LogP) is 3.11. The van der Waals surface area contributed by atoms with E-state index in [1.807, 2.05) is 36.4 Å². The van der Waals surface area contributed by atoms with E-state index in [1.54, 1.807) is 32.5 Å². The number of aromatic nitrogens is 5. The van der Waals surface area contributed by atoms with Gasteiger partial charge in [0.15, 0.2) is 17.3 Å². The maximum Gasteiger partial charge on any atom is 0.225 e. The van der Waals surface area contributed by atoms with Gasteiger partial charge in [-0.05, 0) is 23.8 Å². The van der Waals surface area contributed by atoms with Crippen LogP contribution in [0, 0.1) is 0 Å². The maximum atomic E-state index is 5.33. The number of anilines is 1. The Hall–Kier alpha value is -3.81. The third-order valence-corrected chi connectivity index (χ3v) is 4.15. The normalized spacial score (nSPS) is 10.6. The molecular formula is C20H18N6O2. The van der Waals surface area contributed by atoms with Gasteiger partial charge in [-0.1, -0.05) is 30.3 Å². The van der Waals surface area contributed by atoms with Crippen LogP contribution in [-0.4, -0.2) is 39.4 Å². The predicted molar refractivity (Wildman–Crippen MR) is 105 cm³/mol. The molecule has 8 nitrogen and oxygen atoms in total. The summed E-state index contributed by atoms with van der Waals surface area (Å²) in [7, 11) is 3.17. The molecule has 0 fully saturated rings. The van der Waals surface area contributed by atoms with Gasteiger partial charge in [0.05, 0.1) is 20.4 Å². The lowest BCUT2D eigenvalue weighted by Gasteiger charge is -2.09. The van der Waals surface area contributed by atoms with Crippen molar-refractivity contribution in [3.05, 3.63) is 60.3 Å². The van der Waals surface area contributed by atoms with Gasteiger partial charge < -0.3 is 14.8 Å². The Kier molecular flexibility index (Phi) is 4.92. The highest BCUT2D eigenvalue weighted by molar-refractivity contribution is 5.72. The zero-order valence-corrected chi connectivity index (χ0v) is 15.5. The van der Waals surface area contributed by atoms with Gasteiger partial charge in [0.1, 0.15) is 5.52 Å². The molecule has 2 heterocycles. The summed E-state index contributed by atoms with van der Waals surface area (Å²) in [5, 5.41) is 11.6. The number of hydrogen-bond donors (Lipinski definition) is 1. The fourth-order valence-corrected chi connectivity index (χ4v) is 2.71. The van der Waals surface area contributed by atoms with E-state index in [4.69, 9.17) is 9.47 Å². The molecule has 140 valence electrons. The van der Waals surface area contributed by atoms with Crippen molar-refractivity contribution in [2.45, 2.75) is 6.54 Å². The van der Waals surface area contributed by atoms with E-state index in [1.165, 1.54) is 0 Å². The molecule has 0 radical (unpaired) electrons. The van der Waals surface area contributed by atoms with Crippen LogP contribution in [0.15, 0.2) is 54.7 Å². The first-order valence-corrected chi connectivity index (χ1v) is 8.64. The summed E-state index contributed by atoms with van der Waals surface area (Å²) in [6.07, 6.45) is 1.63. The van der Waals surface area contributed by atoms with Crippen molar-refractivity contribution >= 4 is 17.1 Å². The van der Waals surface area contributed by atoms with Gasteiger partial charge in [0.2, 0.25) is 11.6 Å². The minimum Gasteiger partial charge on any atom is -0.493 e. The van der Waals surface area contributed by atoms with Crippen LogP contribution in [-0.2, 0) is 6.54 Å². The molecule has 0 saturated heterocycles. The molecule has 0 saturated carbocycles. The molecule has 0 unspecified atom stereocenters. The van der Waals surface area contributed by atoms with Crippen LogP contribution in [0.2, 0.25) is 0 Å². The molecular weight excluding hydrogens is 356 g/mol. The minimum atomic E-state index is 0.426. The molecule has 0 aliphatic rings. The van der Waals surface area contributed by atoms with E-state index in [-0.39, 0.29) is 0 Å². The average Bonchev–Trinajstić information content (AvgIpc) is 2.77. The molecule has 0 amide bonds. The van der Waals surface area contributed by atoms with E-state index in [0.29, 0.717) is 41.0 Å². The summed E-state index contributed by atoms with van der Waals surface area (Å²) >= 11 is 0. The fourth-order valence-electron chi connectivity index (χ4n) is 2.71. The molecule has 0 spiro atoms. The summed E-state index contributed by atoms with van der Waals surface area (Å²) in [6, 6.07) is 15.5. The molecule has 4 aromatic rings. The smallest absolute Gasteiger partial charge is 0.225 e. The van der Waals surface area contributed by atoms with Crippen molar-refractivity contribution in [2.75, 3.05) is 19.5 Å².